The second-order valence-electron chi connectivity index (χ2n) is 5.97. The molecule has 2 aromatic rings. The van der Waals surface area contributed by atoms with Crippen LogP contribution < -0.4 is 24.8 Å². The topological polar surface area (TPSA) is 77.0 Å². The summed E-state index contributed by atoms with van der Waals surface area (Å²) in [5, 5.41) is 6.56. The number of rotatable bonds is 7. The van der Waals surface area contributed by atoms with Crippen molar-refractivity contribution in [1.82, 2.24) is 15.6 Å². The Morgan fingerprint density at radius 1 is 1.19 bits per heavy atom. The third-order valence-electron chi connectivity index (χ3n) is 3.95. The molecule has 0 bridgehead atoms. The van der Waals surface area contributed by atoms with E-state index in [2.05, 4.69) is 20.6 Å². The van der Waals surface area contributed by atoms with Crippen LogP contribution in [-0.4, -0.2) is 43.4 Å². The minimum Gasteiger partial charge on any atom is -0.486 e. The number of pyridine rings is 1. The average Bonchev–Trinajstić information content (AvgIpc) is 2.71. The van der Waals surface area contributed by atoms with Crippen LogP contribution in [0.5, 0.6) is 17.4 Å². The zero-order chi connectivity index (χ0) is 18.9. The lowest BCUT2D eigenvalue weighted by Gasteiger charge is -2.27. The zero-order valence-electron chi connectivity index (χ0n) is 15.8. The molecule has 0 aliphatic carbocycles. The molecule has 1 aromatic carbocycles. The Balaban J connectivity index is 1.59. The first kappa shape index (κ1) is 18.8. The van der Waals surface area contributed by atoms with Crippen LogP contribution >= 0.6 is 0 Å². The van der Waals surface area contributed by atoms with Gasteiger partial charge in [-0.25, -0.2) is 9.98 Å². The Bertz CT molecular complexity index is 766. The van der Waals surface area contributed by atoms with Crippen LogP contribution in [0.3, 0.4) is 0 Å². The highest BCUT2D eigenvalue weighted by Gasteiger charge is 2.20. The van der Waals surface area contributed by atoms with Gasteiger partial charge in [0.1, 0.15) is 12.7 Å². The Morgan fingerprint density at radius 2 is 2.04 bits per heavy atom. The van der Waals surface area contributed by atoms with Crippen LogP contribution in [0, 0.1) is 0 Å². The van der Waals surface area contributed by atoms with Crippen LogP contribution in [0.4, 0.5) is 0 Å². The molecule has 2 heterocycles. The quantitative estimate of drug-likeness (QED) is 0.576. The van der Waals surface area contributed by atoms with Gasteiger partial charge in [0, 0.05) is 18.3 Å². The molecule has 0 saturated carbocycles. The zero-order valence-corrected chi connectivity index (χ0v) is 15.8. The number of hydrogen-bond acceptors (Lipinski definition) is 5. The van der Waals surface area contributed by atoms with Crippen LogP contribution in [0.15, 0.2) is 47.6 Å². The number of ether oxygens (including phenoxy) is 3. The molecule has 0 radical (unpaired) electrons. The van der Waals surface area contributed by atoms with Crippen molar-refractivity contribution >= 4 is 5.96 Å². The second kappa shape index (κ2) is 9.66. The average molecular weight is 370 g/mol. The molecule has 3 rings (SSSR count). The Morgan fingerprint density at radius 3 is 2.85 bits per heavy atom. The summed E-state index contributed by atoms with van der Waals surface area (Å²) < 4.78 is 17.3. The number of hydrogen-bond donors (Lipinski definition) is 2. The predicted octanol–water partition coefficient (Wildman–Crippen LogP) is 2.38. The predicted molar refractivity (Wildman–Crippen MR) is 105 cm³/mol. The first-order valence-electron chi connectivity index (χ1n) is 9.27. The van der Waals surface area contributed by atoms with Crippen LogP contribution in [0.2, 0.25) is 0 Å². The minimum absolute atomic E-state index is 0.0823. The van der Waals surface area contributed by atoms with Gasteiger partial charge in [-0.1, -0.05) is 18.2 Å². The molecule has 7 nitrogen and oxygen atoms in total. The first-order valence-corrected chi connectivity index (χ1v) is 9.27. The highest BCUT2D eigenvalue weighted by Crippen LogP contribution is 2.30. The molecule has 0 saturated heterocycles. The van der Waals surface area contributed by atoms with Crippen LogP contribution in [0.1, 0.15) is 19.4 Å². The molecule has 1 aliphatic rings. The van der Waals surface area contributed by atoms with Gasteiger partial charge in [-0.3, -0.25) is 0 Å². The normalized spacial score (nSPS) is 15.9. The standard InChI is InChI=1S/C20H26N4O3/c1-3-21-20(23-12-15-8-7-11-22-19(15)25-4-2)24-13-16-14-26-17-9-5-6-10-18(17)27-16/h5-11,16H,3-4,12-14H2,1-2H3,(H2,21,23,24). The van der Waals surface area contributed by atoms with Gasteiger partial charge in [0.15, 0.2) is 17.5 Å². The third-order valence-corrected chi connectivity index (χ3v) is 3.95. The van der Waals surface area contributed by atoms with E-state index in [1.165, 1.54) is 0 Å². The summed E-state index contributed by atoms with van der Waals surface area (Å²) in [5.41, 5.74) is 0.947. The van der Waals surface area contributed by atoms with Gasteiger partial charge in [-0.15, -0.1) is 0 Å². The largest absolute Gasteiger partial charge is 0.486 e. The highest BCUT2D eigenvalue weighted by molar-refractivity contribution is 5.79. The molecule has 0 fully saturated rings. The lowest BCUT2D eigenvalue weighted by atomic mass is 10.2. The number of benzene rings is 1. The fraction of sp³-hybridized carbons (Fsp3) is 0.400. The summed E-state index contributed by atoms with van der Waals surface area (Å²) in [6.45, 7) is 6.88. The van der Waals surface area contributed by atoms with E-state index in [9.17, 15) is 0 Å². The maximum Gasteiger partial charge on any atom is 0.218 e. The van der Waals surface area contributed by atoms with Crippen LogP contribution in [-0.2, 0) is 6.54 Å². The van der Waals surface area contributed by atoms with Gasteiger partial charge in [0.2, 0.25) is 5.88 Å². The van der Waals surface area contributed by atoms with E-state index in [0.29, 0.717) is 38.1 Å². The van der Waals surface area contributed by atoms with Crippen molar-refractivity contribution in [1.29, 1.82) is 0 Å². The Kier molecular flexibility index (Phi) is 6.73. The molecular formula is C20H26N4O3. The summed E-state index contributed by atoms with van der Waals surface area (Å²) >= 11 is 0. The Labute approximate surface area is 159 Å². The highest BCUT2D eigenvalue weighted by atomic mass is 16.6. The van der Waals surface area contributed by atoms with Gasteiger partial charge in [0.05, 0.1) is 19.7 Å². The van der Waals surface area contributed by atoms with Gasteiger partial charge < -0.3 is 24.8 Å². The molecule has 144 valence electrons. The maximum atomic E-state index is 5.97. The summed E-state index contributed by atoms with van der Waals surface area (Å²) in [7, 11) is 0. The van der Waals surface area contributed by atoms with Crippen molar-refractivity contribution < 1.29 is 14.2 Å². The van der Waals surface area contributed by atoms with E-state index >= 15 is 0 Å². The van der Waals surface area contributed by atoms with E-state index in [-0.39, 0.29) is 6.10 Å². The number of guanidine groups is 1. The fourth-order valence-corrected chi connectivity index (χ4v) is 2.69. The summed E-state index contributed by atoms with van der Waals surface area (Å²) in [6, 6.07) is 11.6. The molecule has 27 heavy (non-hydrogen) atoms. The van der Waals surface area contributed by atoms with Crippen molar-refractivity contribution in [3.63, 3.8) is 0 Å². The van der Waals surface area contributed by atoms with Crippen LogP contribution in [0.25, 0.3) is 0 Å². The van der Waals surface area contributed by atoms with E-state index < -0.39 is 0 Å². The number of para-hydroxylation sites is 2. The number of fused-ring (bicyclic) bond motifs is 1. The lowest BCUT2D eigenvalue weighted by Crippen LogP contribution is -2.45. The number of nitrogens with one attached hydrogen (secondary N) is 2. The van der Waals surface area contributed by atoms with Gasteiger partial charge in [-0.2, -0.15) is 0 Å². The Hall–Kier alpha value is -2.96. The van der Waals surface area contributed by atoms with Crippen molar-refractivity contribution in [2.24, 2.45) is 4.99 Å². The van der Waals surface area contributed by atoms with E-state index in [1.54, 1.807) is 6.20 Å². The lowest BCUT2D eigenvalue weighted by molar-refractivity contribution is 0.0936. The van der Waals surface area contributed by atoms with Crippen molar-refractivity contribution in [3.8, 4) is 17.4 Å². The monoisotopic (exact) mass is 370 g/mol. The van der Waals surface area contributed by atoms with Gasteiger partial charge >= 0.3 is 0 Å². The summed E-state index contributed by atoms with van der Waals surface area (Å²) in [6.07, 6.45) is 1.64. The summed E-state index contributed by atoms with van der Waals surface area (Å²) in [5.74, 6) is 2.90. The third kappa shape index (κ3) is 5.26. The fourth-order valence-electron chi connectivity index (χ4n) is 2.69. The SMILES string of the molecule is CCNC(=NCc1cccnc1OCC)NCC1COc2ccccc2O1. The smallest absolute Gasteiger partial charge is 0.218 e. The van der Waals surface area contributed by atoms with Gasteiger partial charge in [-0.05, 0) is 32.0 Å². The van der Waals surface area contributed by atoms with E-state index in [0.717, 1.165) is 23.6 Å². The molecule has 1 atom stereocenters. The number of nitrogens with zero attached hydrogens (tertiary/aromatic N) is 2. The second-order valence-corrected chi connectivity index (χ2v) is 5.97. The maximum absolute atomic E-state index is 5.97. The van der Waals surface area contributed by atoms with Crippen molar-refractivity contribution in [2.75, 3.05) is 26.3 Å². The number of aliphatic imine (C=N–C) groups is 1. The summed E-state index contributed by atoms with van der Waals surface area (Å²) in [4.78, 5) is 8.90. The molecule has 1 aliphatic heterocycles. The van der Waals surface area contributed by atoms with E-state index in [1.807, 2.05) is 50.2 Å². The molecular weight excluding hydrogens is 344 g/mol. The molecule has 2 N–H and O–H groups in total. The first-order chi connectivity index (χ1) is 13.3. The van der Waals surface area contributed by atoms with E-state index in [4.69, 9.17) is 14.2 Å². The van der Waals surface area contributed by atoms with Crippen molar-refractivity contribution in [3.05, 3.63) is 48.2 Å². The molecule has 0 spiro atoms. The number of aromatic nitrogens is 1. The molecule has 1 aromatic heterocycles. The van der Waals surface area contributed by atoms with Gasteiger partial charge in [0.25, 0.3) is 0 Å². The van der Waals surface area contributed by atoms with Crippen molar-refractivity contribution in [2.45, 2.75) is 26.5 Å². The molecule has 7 heteroatoms. The molecule has 1 unspecified atom stereocenters. The molecule has 0 amide bonds. The minimum atomic E-state index is -0.0823.